The fraction of sp³-hybridized carbons (Fsp3) is 0.200. The number of nitrogens with zero attached hydrogens (tertiary/aromatic N) is 1. The van der Waals surface area contributed by atoms with Crippen molar-refractivity contribution in [2.75, 3.05) is 0 Å². The third-order valence-corrected chi connectivity index (χ3v) is 2.99. The summed E-state index contributed by atoms with van der Waals surface area (Å²) in [4.78, 5) is 10.8. The second kappa shape index (κ2) is 3.38. The zero-order valence-corrected chi connectivity index (χ0v) is 8.81. The lowest BCUT2D eigenvalue weighted by atomic mass is 10.1. The van der Waals surface area contributed by atoms with E-state index in [-0.39, 0.29) is 4.87 Å². The van der Waals surface area contributed by atoms with Gasteiger partial charge in [-0.05, 0) is 31.0 Å². The zero-order chi connectivity index (χ0) is 10.1. The quantitative estimate of drug-likeness (QED) is 0.776. The van der Waals surface area contributed by atoms with Crippen LogP contribution in [-0.2, 0) is 0 Å². The highest BCUT2D eigenvalue weighted by Crippen LogP contribution is 2.21. The Morgan fingerprint density at radius 3 is 2.64 bits per heavy atom. The summed E-state index contributed by atoms with van der Waals surface area (Å²) in [5, 5.41) is 7.10. The van der Waals surface area contributed by atoms with E-state index >= 15 is 0 Å². The van der Waals surface area contributed by atoms with Gasteiger partial charge in [-0.3, -0.25) is 4.79 Å². The van der Waals surface area contributed by atoms with Crippen molar-refractivity contribution in [3.05, 3.63) is 39.0 Å². The van der Waals surface area contributed by atoms with Crippen LogP contribution in [0.4, 0.5) is 0 Å². The maximum absolute atomic E-state index is 10.9. The molecule has 1 N–H and O–H groups in total. The molecule has 0 radical (unpaired) electrons. The summed E-state index contributed by atoms with van der Waals surface area (Å²) in [6.07, 6.45) is 0. The molecule has 0 spiro atoms. The molecule has 0 aliphatic rings. The first kappa shape index (κ1) is 9.15. The van der Waals surface area contributed by atoms with Crippen LogP contribution in [0.1, 0.15) is 11.1 Å². The largest absolute Gasteiger partial charge is 0.322 e. The third kappa shape index (κ3) is 1.61. The topological polar surface area (TPSA) is 45.8 Å². The molecule has 1 aromatic heterocycles. The minimum Gasteiger partial charge on any atom is -0.255 e. The predicted octanol–water partition coefficient (Wildman–Crippen LogP) is 2.12. The molecule has 4 heteroatoms. The summed E-state index contributed by atoms with van der Waals surface area (Å²) in [7, 11) is 0. The monoisotopic (exact) mass is 206 g/mol. The van der Waals surface area contributed by atoms with Crippen molar-refractivity contribution in [1.29, 1.82) is 0 Å². The molecule has 0 saturated carbocycles. The van der Waals surface area contributed by atoms with Crippen LogP contribution in [0, 0.1) is 13.8 Å². The number of H-pyrrole nitrogens is 1. The number of aromatic nitrogens is 2. The van der Waals surface area contributed by atoms with Gasteiger partial charge in [0.15, 0.2) is 0 Å². The van der Waals surface area contributed by atoms with Crippen LogP contribution in [0.25, 0.3) is 10.6 Å². The van der Waals surface area contributed by atoms with Crippen molar-refractivity contribution in [3.8, 4) is 10.6 Å². The molecule has 0 bridgehead atoms. The van der Waals surface area contributed by atoms with E-state index in [1.165, 1.54) is 11.1 Å². The standard InChI is InChI=1S/C10H10N2OS/c1-6-3-4-8(5-7(6)2)9-11-12-10(13)14-9/h3-5H,1-2H3,(H,12,13). The van der Waals surface area contributed by atoms with Crippen molar-refractivity contribution in [2.45, 2.75) is 13.8 Å². The molecule has 72 valence electrons. The molecule has 2 aromatic rings. The van der Waals surface area contributed by atoms with E-state index in [0.717, 1.165) is 21.9 Å². The lowest BCUT2D eigenvalue weighted by molar-refractivity contribution is 1.06. The van der Waals surface area contributed by atoms with Crippen molar-refractivity contribution in [3.63, 3.8) is 0 Å². The van der Waals surface area contributed by atoms with Crippen LogP contribution in [0.2, 0.25) is 0 Å². The Balaban J connectivity index is 2.52. The van der Waals surface area contributed by atoms with Crippen molar-refractivity contribution in [2.24, 2.45) is 0 Å². The molecule has 0 amide bonds. The SMILES string of the molecule is Cc1ccc(-c2n[nH]c(=O)s2)cc1C. The van der Waals surface area contributed by atoms with E-state index < -0.39 is 0 Å². The Labute approximate surface area is 85.4 Å². The number of nitrogens with one attached hydrogen (secondary N) is 1. The van der Waals surface area contributed by atoms with Gasteiger partial charge in [-0.1, -0.05) is 23.5 Å². The van der Waals surface area contributed by atoms with Crippen LogP contribution in [0.15, 0.2) is 23.0 Å². The first-order valence-corrected chi connectivity index (χ1v) is 5.11. The van der Waals surface area contributed by atoms with Gasteiger partial charge in [0.25, 0.3) is 0 Å². The van der Waals surface area contributed by atoms with Crippen LogP contribution in [0.5, 0.6) is 0 Å². The van der Waals surface area contributed by atoms with Gasteiger partial charge >= 0.3 is 4.87 Å². The molecule has 2 rings (SSSR count). The Kier molecular flexibility index (Phi) is 2.21. The van der Waals surface area contributed by atoms with Crippen molar-refractivity contribution >= 4 is 11.3 Å². The van der Waals surface area contributed by atoms with Gasteiger partial charge in [0, 0.05) is 5.56 Å². The number of benzene rings is 1. The van der Waals surface area contributed by atoms with Gasteiger partial charge in [-0.25, -0.2) is 5.10 Å². The first-order valence-electron chi connectivity index (χ1n) is 4.30. The van der Waals surface area contributed by atoms with Crippen LogP contribution in [-0.4, -0.2) is 10.2 Å². The second-order valence-electron chi connectivity index (χ2n) is 3.22. The minimum absolute atomic E-state index is 0.113. The third-order valence-electron chi connectivity index (χ3n) is 2.19. The molecule has 0 saturated heterocycles. The van der Waals surface area contributed by atoms with Crippen molar-refractivity contribution in [1.82, 2.24) is 10.2 Å². The summed E-state index contributed by atoms with van der Waals surface area (Å²) in [5.41, 5.74) is 3.46. The first-order chi connectivity index (χ1) is 6.66. The highest BCUT2D eigenvalue weighted by Gasteiger charge is 2.03. The van der Waals surface area contributed by atoms with Gasteiger partial charge < -0.3 is 0 Å². The number of hydrogen-bond donors (Lipinski definition) is 1. The molecule has 0 fully saturated rings. The molecule has 0 aliphatic heterocycles. The summed E-state index contributed by atoms with van der Waals surface area (Å²) in [6.45, 7) is 4.11. The fourth-order valence-electron chi connectivity index (χ4n) is 1.23. The summed E-state index contributed by atoms with van der Waals surface area (Å²) < 4.78 is 0. The van der Waals surface area contributed by atoms with E-state index in [4.69, 9.17) is 0 Å². The van der Waals surface area contributed by atoms with E-state index in [9.17, 15) is 4.79 Å². The van der Waals surface area contributed by atoms with Crippen molar-refractivity contribution < 1.29 is 0 Å². The highest BCUT2D eigenvalue weighted by molar-refractivity contribution is 7.12. The molecule has 3 nitrogen and oxygen atoms in total. The molecule has 0 atom stereocenters. The molecular weight excluding hydrogens is 196 g/mol. The van der Waals surface area contributed by atoms with Crippen LogP contribution < -0.4 is 4.87 Å². The van der Waals surface area contributed by atoms with E-state index in [2.05, 4.69) is 17.1 Å². The summed E-state index contributed by atoms with van der Waals surface area (Å²) in [6, 6.07) is 6.06. The fourth-order valence-corrected chi connectivity index (χ4v) is 1.83. The lowest BCUT2D eigenvalue weighted by Gasteiger charge is -2.00. The molecule has 14 heavy (non-hydrogen) atoms. The van der Waals surface area contributed by atoms with Crippen LogP contribution >= 0.6 is 11.3 Å². The predicted molar refractivity (Wildman–Crippen MR) is 57.6 cm³/mol. The molecule has 1 heterocycles. The lowest BCUT2D eigenvalue weighted by Crippen LogP contribution is -1.90. The summed E-state index contributed by atoms with van der Waals surface area (Å²) in [5.74, 6) is 0. The number of hydrogen-bond acceptors (Lipinski definition) is 3. The zero-order valence-electron chi connectivity index (χ0n) is 8.00. The minimum atomic E-state index is -0.113. The average molecular weight is 206 g/mol. The normalized spacial score (nSPS) is 10.4. The Morgan fingerprint density at radius 1 is 1.29 bits per heavy atom. The Bertz CT molecular complexity index is 513. The number of aryl methyl sites for hydroxylation is 2. The van der Waals surface area contributed by atoms with Gasteiger partial charge in [0.05, 0.1) is 0 Å². The molecule has 0 aliphatic carbocycles. The molecular formula is C10H10N2OS. The van der Waals surface area contributed by atoms with Crippen LogP contribution in [0.3, 0.4) is 0 Å². The van der Waals surface area contributed by atoms with Gasteiger partial charge in [0.1, 0.15) is 5.01 Å². The number of rotatable bonds is 1. The smallest absolute Gasteiger partial charge is 0.255 e. The molecule has 1 aromatic carbocycles. The Hall–Kier alpha value is -1.42. The van der Waals surface area contributed by atoms with Gasteiger partial charge in [-0.2, -0.15) is 5.10 Å². The van der Waals surface area contributed by atoms with Gasteiger partial charge in [-0.15, -0.1) is 0 Å². The Morgan fingerprint density at radius 2 is 2.07 bits per heavy atom. The molecule has 0 unspecified atom stereocenters. The average Bonchev–Trinajstić information content (AvgIpc) is 2.57. The highest BCUT2D eigenvalue weighted by atomic mass is 32.1. The number of aromatic amines is 1. The van der Waals surface area contributed by atoms with E-state index in [0.29, 0.717) is 0 Å². The summed E-state index contributed by atoms with van der Waals surface area (Å²) >= 11 is 1.13. The van der Waals surface area contributed by atoms with Gasteiger partial charge in [0.2, 0.25) is 0 Å². The second-order valence-corrected chi connectivity index (χ2v) is 4.18. The van der Waals surface area contributed by atoms with E-state index in [1.54, 1.807) is 0 Å². The van der Waals surface area contributed by atoms with E-state index in [1.807, 2.05) is 25.1 Å². The maximum atomic E-state index is 10.9. The maximum Gasteiger partial charge on any atom is 0.322 e.